The number of aromatic nitrogens is 3. The van der Waals surface area contributed by atoms with Gasteiger partial charge in [0, 0.05) is 19.6 Å². The number of thiazole rings is 1. The van der Waals surface area contributed by atoms with E-state index in [0.29, 0.717) is 24.4 Å². The first-order valence-corrected chi connectivity index (χ1v) is 7.09. The molecule has 21 heavy (non-hydrogen) atoms. The van der Waals surface area contributed by atoms with Gasteiger partial charge in [0.05, 0.1) is 18.0 Å². The predicted octanol–water partition coefficient (Wildman–Crippen LogP) is 0.343. The maximum absolute atomic E-state index is 11.0. The van der Waals surface area contributed by atoms with Crippen LogP contribution >= 0.6 is 23.7 Å². The van der Waals surface area contributed by atoms with Crippen LogP contribution in [0, 0.1) is 0 Å². The number of carbonyl (C=O) groups is 1. The third-order valence-electron chi connectivity index (χ3n) is 3.23. The summed E-state index contributed by atoms with van der Waals surface area (Å²) in [5.41, 5.74) is 8.11. The molecule has 0 aliphatic carbocycles. The molecule has 3 rings (SSSR count). The summed E-state index contributed by atoms with van der Waals surface area (Å²) in [4.78, 5) is 26.4. The number of halogens is 1. The minimum absolute atomic E-state index is 0. The van der Waals surface area contributed by atoms with Crippen LogP contribution in [0.25, 0.3) is 10.3 Å². The van der Waals surface area contributed by atoms with Crippen molar-refractivity contribution in [2.45, 2.75) is 12.5 Å². The van der Waals surface area contributed by atoms with Crippen molar-refractivity contribution in [3.63, 3.8) is 0 Å². The fourth-order valence-corrected chi connectivity index (χ4v) is 3.05. The summed E-state index contributed by atoms with van der Waals surface area (Å²) in [6, 6.07) is -0.166. The second-order valence-corrected chi connectivity index (χ2v) is 5.39. The normalized spacial score (nSPS) is 18.5. The van der Waals surface area contributed by atoms with Crippen LogP contribution in [0.4, 0.5) is 11.8 Å². The Morgan fingerprint density at radius 2 is 2.38 bits per heavy atom. The molecule has 3 heterocycles. The highest BCUT2D eigenvalue weighted by Crippen LogP contribution is 2.28. The molecule has 0 amide bonds. The van der Waals surface area contributed by atoms with E-state index in [2.05, 4.69) is 20.3 Å². The molecule has 1 atom stereocenters. The van der Waals surface area contributed by atoms with Gasteiger partial charge in [-0.05, 0) is 0 Å². The summed E-state index contributed by atoms with van der Waals surface area (Å²) in [5, 5.41) is 12.2. The highest BCUT2D eigenvalue weighted by atomic mass is 35.5. The number of carboxylic acids is 1. The summed E-state index contributed by atoms with van der Waals surface area (Å²) in [7, 11) is 0. The summed E-state index contributed by atoms with van der Waals surface area (Å²) >= 11 is 1.39. The summed E-state index contributed by atoms with van der Waals surface area (Å²) in [5.74, 6) is -0.0221. The van der Waals surface area contributed by atoms with Crippen LogP contribution in [0.2, 0.25) is 0 Å². The van der Waals surface area contributed by atoms with Crippen LogP contribution in [0.1, 0.15) is 6.42 Å². The molecular weight excluding hydrogens is 316 g/mol. The van der Waals surface area contributed by atoms with E-state index in [1.807, 2.05) is 4.90 Å². The lowest BCUT2D eigenvalue weighted by atomic mass is 10.1. The van der Waals surface area contributed by atoms with Crippen molar-refractivity contribution >= 4 is 51.8 Å². The number of hydrogen-bond donors (Lipinski definition) is 3. The Morgan fingerprint density at radius 1 is 1.57 bits per heavy atom. The quantitative estimate of drug-likeness (QED) is 0.737. The Hall–Kier alpha value is -1.71. The van der Waals surface area contributed by atoms with Gasteiger partial charge >= 0.3 is 5.97 Å². The first kappa shape index (κ1) is 15.7. The molecule has 4 N–H and O–H groups in total. The monoisotopic (exact) mass is 330 g/mol. The van der Waals surface area contributed by atoms with E-state index in [-0.39, 0.29) is 30.8 Å². The zero-order valence-electron chi connectivity index (χ0n) is 11.0. The minimum Gasteiger partial charge on any atom is -0.481 e. The van der Waals surface area contributed by atoms with Gasteiger partial charge < -0.3 is 21.1 Å². The number of nitrogen functional groups attached to an aromatic ring is 1. The van der Waals surface area contributed by atoms with Gasteiger partial charge in [-0.1, -0.05) is 0 Å². The molecule has 114 valence electrons. The van der Waals surface area contributed by atoms with Gasteiger partial charge in [0.1, 0.15) is 5.52 Å². The van der Waals surface area contributed by atoms with Gasteiger partial charge in [-0.15, -0.1) is 23.7 Å². The van der Waals surface area contributed by atoms with E-state index in [4.69, 9.17) is 10.8 Å². The molecule has 0 bridgehead atoms. The number of anilines is 2. The van der Waals surface area contributed by atoms with E-state index in [1.54, 1.807) is 5.51 Å². The Balaban J connectivity index is 0.00000161. The van der Waals surface area contributed by atoms with Gasteiger partial charge in [-0.3, -0.25) is 4.79 Å². The number of nitrogens with two attached hydrogens (primary N) is 1. The molecule has 0 radical (unpaired) electrons. The number of hydrogen-bond acceptors (Lipinski definition) is 8. The van der Waals surface area contributed by atoms with Crippen molar-refractivity contribution < 1.29 is 9.90 Å². The molecular formula is C11H15ClN6O2S. The van der Waals surface area contributed by atoms with Crippen LogP contribution < -0.4 is 16.0 Å². The molecule has 1 fully saturated rings. The second kappa shape index (κ2) is 6.37. The number of nitrogens with zero attached hydrogens (tertiary/aromatic N) is 4. The highest BCUT2D eigenvalue weighted by molar-refractivity contribution is 7.16. The van der Waals surface area contributed by atoms with Crippen LogP contribution in [0.15, 0.2) is 5.51 Å². The summed E-state index contributed by atoms with van der Waals surface area (Å²) < 4.78 is 0. The molecule has 8 nitrogen and oxygen atoms in total. The van der Waals surface area contributed by atoms with Crippen LogP contribution in [0.3, 0.4) is 0 Å². The highest BCUT2D eigenvalue weighted by Gasteiger charge is 2.28. The van der Waals surface area contributed by atoms with E-state index in [1.165, 1.54) is 11.3 Å². The first-order chi connectivity index (χ1) is 9.65. The van der Waals surface area contributed by atoms with Gasteiger partial charge in [-0.25, -0.2) is 9.97 Å². The molecule has 0 saturated carbocycles. The van der Waals surface area contributed by atoms with Crippen LogP contribution in [0.5, 0.6) is 0 Å². The zero-order valence-corrected chi connectivity index (χ0v) is 12.7. The second-order valence-electron chi connectivity index (χ2n) is 4.56. The number of carboxylic acid groups (broad SMARTS) is 1. The Kier molecular flexibility index (Phi) is 4.76. The number of piperazine rings is 1. The molecule has 1 unspecified atom stereocenters. The van der Waals surface area contributed by atoms with Gasteiger partial charge in [0.15, 0.2) is 10.6 Å². The number of fused-ring (bicyclic) bond motifs is 1. The molecule has 1 aliphatic heterocycles. The SMILES string of the molecule is Cl.Nc1nc(N2CCNCC2CC(=O)O)c2ncsc2n1. The Bertz CT molecular complexity index is 651. The number of rotatable bonds is 3. The maximum Gasteiger partial charge on any atom is 0.305 e. The predicted molar refractivity (Wildman–Crippen MR) is 83.1 cm³/mol. The summed E-state index contributed by atoms with van der Waals surface area (Å²) in [6.45, 7) is 2.04. The van der Waals surface area contributed by atoms with E-state index >= 15 is 0 Å². The van der Waals surface area contributed by atoms with Crippen molar-refractivity contribution in [2.24, 2.45) is 0 Å². The lowest BCUT2D eigenvalue weighted by Gasteiger charge is -2.36. The molecule has 0 spiro atoms. The summed E-state index contributed by atoms with van der Waals surface area (Å²) in [6.07, 6.45) is 0.0442. The van der Waals surface area contributed by atoms with Crippen LogP contribution in [-0.4, -0.2) is 51.7 Å². The first-order valence-electron chi connectivity index (χ1n) is 6.21. The zero-order chi connectivity index (χ0) is 14.1. The maximum atomic E-state index is 11.0. The van der Waals surface area contributed by atoms with Crippen molar-refractivity contribution in [3.05, 3.63) is 5.51 Å². The van der Waals surface area contributed by atoms with Crippen molar-refractivity contribution in [3.8, 4) is 0 Å². The van der Waals surface area contributed by atoms with E-state index in [9.17, 15) is 4.79 Å². The topological polar surface area (TPSA) is 117 Å². The molecule has 1 aliphatic rings. The van der Waals surface area contributed by atoms with Crippen LogP contribution in [-0.2, 0) is 4.79 Å². The number of nitrogens with one attached hydrogen (secondary N) is 1. The lowest BCUT2D eigenvalue weighted by molar-refractivity contribution is -0.137. The molecule has 2 aromatic rings. The largest absolute Gasteiger partial charge is 0.481 e. The van der Waals surface area contributed by atoms with Gasteiger partial charge in [-0.2, -0.15) is 4.98 Å². The lowest BCUT2D eigenvalue weighted by Crippen LogP contribution is -2.52. The van der Waals surface area contributed by atoms with E-state index in [0.717, 1.165) is 11.4 Å². The number of aliphatic carboxylic acids is 1. The average Bonchev–Trinajstić information content (AvgIpc) is 2.86. The third kappa shape index (κ3) is 3.14. The van der Waals surface area contributed by atoms with Crippen molar-refractivity contribution in [1.82, 2.24) is 20.3 Å². The smallest absolute Gasteiger partial charge is 0.305 e. The van der Waals surface area contributed by atoms with Gasteiger partial charge in [0.2, 0.25) is 5.95 Å². The average molecular weight is 331 g/mol. The molecule has 1 saturated heterocycles. The Morgan fingerprint density at radius 3 is 3.14 bits per heavy atom. The fourth-order valence-electron chi connectivity index (χ4n) is 2.39. The van der Waals surface area contributed by atoms with Crippen molar-refractivity contribution in [2.75, 3.05) is 30.3 Å². The molecule has 0 aromatic carbocycles. The van der Waals surface area contributed by atoms with Crippen molar-refractivity contribution in [1.29, 1.82) is 0 Å². The third-order valence-corrected chi connectivity index (χ3v) is 3.95. The molecule has 10 heteroatoms. The standard InChI is InChI=1S/C11H14N6O2S.ClH/c12-11-15-9(8-10(16-11)20-5-14-8)17-2-1-13-4-6(17)3-7(18)19;/h5-6,13H,1-4H2,(H,18,19)(H2,12,15,16);1H. The molecule has 2 aromatic heterocycles. The Labute approximate surface area is 130 Å². The van der Waals surface area contributed by atoms with E-state index < -0.39 is 5.97 Å². The minimum atomic E-state index is -0.833. The van der Waals surface area contributed by atoms with Gasteiger partial charge in [0.25, 0.3) is 0 Å². The fraction of sp³-hybridized carbons (Fsp3) is 0.455.